The van der Waals surface area contributed by atoms with E-state index in [0.29, 0.717) is 60.9 Å². The lowest BCUT2D eigenvalue weighted by atomic mass is 9.93. The number of piperidine rings is 2. The van der Waals surface area contributed by atoms with Crippen molar-refractivity contribution in [1.82, 2.24) is 9.21 Å². The highest BCUT2D eigenvalue weighted by Crippen LogP contribution is 2.28. The summed E-state index contributed by atoms with van der Waals surface area (Å²) in [7, 11) is -3.62. The van der Waals surface area contributed by atoms with E-state index in [1.54, 1.807) is 17.0 Å². The molecule has 1 aromatic rings. The van der Waals surface area contributed by atoms with E-state index in [2.05, 4.69) is 0 Å². The summed E-state index contributed by atoms with van der Waals surface area (Å²) >= 11 is 12.0. The monoisotopic (exact) mass is 461 g/mol. The lowest BCUT2D eigenvalue weighted by Gasteiger charge is -2.37. The molecule has 2 aliphatic rings. The van der Waals surface area contributed by atoms with Crippen molar-refractivity contribution in [3.63, 3.8) is 0 Å². The smallest absolute Gasteiger partial charge is 0.227 e. The second-order valence-corrected chi connectivity index (χ2v) is 10.5. The first-order chi connectivity index (χ1) is 13.7. The summed E-state index contributed by atoms with van der Waals surface area (Å²) in [5.74, 6) is -1.16. The fourth-order valence-electron chi connectivity index (χ4n) is 3.97. The lowest BCUT2D eigenvalue weighted by Crippen LogP contribution is -2.49. The number of carbonyl (C=O) groups excluding carboxylic acids is 2. The SMILES string of the molecule is NC(=O)C1CCN(C(=O)[C@@H]2CCCN(S(=O)(=O)Cc3ccc(Cl)cc3Cl)C2)CC1. The quantitative estimate of drug-likeness (QED) is 0.726. The summed E-state index contributed by atoms with van der Waals surface area (Å²) in [4.78, 5) is 25.9. The highest BCUT2D eigenvalue weighted by Gasteiger charge is 2.36. The maximum Gasteiger partial charge on any atom is 0.227 e. The summed E-state index contributed by atoms with van der Waals surface area (Å²) < 4.78 is 27.2. The number of carbonyl (C=O) groups is 2. The van der Waals surface area contributed by atoms with Gasteiger partial charge in [0.2, 0.25) is 21.8 Å². The number of benzene rings is 1. The van der Waals surface area contributed by atoms with Crippen LogP contribution in [0.15, 0.2) is 18.2 Å². The Hall–Kier alpha value is -1.35. The topological polar surface area (TPSA) is 101 Å². The van der Waals surface area contributed by atoms with Gasteiger partial charge in [0.25, 0.3) is 0 Å². The zero-order valence-corrected chi connectivity index (χ0v) is 18.3. The number of nitrogens with zero attached hydrogens (tertiary/aromatic N) is 2. The molecule has 0 aromatic heterocycles. The number of hydrogen-bond acceptors (Lipinski definition) is 4. The maximum atomic E-state index is 12.9. The van der Waals surface area contributed by atoms with Crippen LogP contribution >= 0.6 is 23.2 Å². The molecular weight excluding hydrogens is 437 g/mol. The van der Waals surface area contributed by atoms with Gasteiger partial charge in [0, 0.05) is 42.1 Å². The maximum absolute atomic E-state index is 12.9. The number of likely N-dealkylation sites (tertiary alicyclic amines) is 1. The van der Waals surface area contributed by atoms with Gasteiger partial charge in [0.05, 0.1) is 11.7 Å². The molecule has 1 atom stereocenters. The molecule has 3 rings (SSSR count). The molecule has 0 aliphatic carbocycles. The number of nitrogens with two attached hydrogens (primary N) is 1. The lowest BCUT2D eigenvalue weighted by molar-refractivity contribution is -0.139. The van der Waals surface area contributed by atoms with Crippen LogP contribution in [-0.2, 0) is 25.4 Å². The molecule has 1 aromatic carbocycles. The van der Waals surface area contributed by atoms with E-state index in [-0.39, 0.29) is 35.9 Å². The van der Waals surface area contributed by atoms with Crippen molar-refractivity contribution >= 4 is 45.0 Å². The van der Waals surface area contributed by atoms with Gasteiger partial charge < -0.3 is 10.6 Å². The van der Waals surface area contributed by atoms with Gasteiger partial charge in [-0.05, 0) is 43.4 Å². The van der Waals surface area contributed by atoms with Crippen LogP contribution in [-0.4, -0.2) is 55.6 Å². The van der Waals surface area contributed by atoms with Crippen LogP contribution in [0.5, 0.6) is 0 Å². The minimum atomic E-state index is -3.62. The van der Waals surface area contributed by atoms with Gasteiger partial charge in [-0.15, -0.1) is 0 Å². The molecule has 0 saturated carbocycles. The van der Waals surface area contributed by atoms with E-state index in [1.807, 2.05) is 0 Å². The predicted octanol–water partition coefficient (Wildman–Crippen LogP) is 2.26. The first-order valence-electron chi connectivity index (χ1n) is 9.67. The molecular formula is C19H25Cl2N3O4S. The number of primary amides is 1. The molecule has 0 unspecified atom stereocenters. The average molecular weight is 462 g/mol. The fraction of sp³-hybridized carbons (Fsp3) is 0.579. The molecule has 2 saturated heterocycles. The fourth-order valence-corrected chi connectivity index (χ4v) is 6.16. The molecule has 0 spiro atoms. The summed E-state index contributed by atoms with van der Waals surface area (Å²) in [5.41, 5.74) is 5.83. The molecule has 29 heavy (non-hydrogen) atoms. The average Bonchev–Trinajstić information content (AvgIpc) is 2.69. The van der Waals surface area contributed by atoms with Crippen LogP contribution in [0.25, 0.3) is 0 Å². The van der Waals surface area contributed by atoms with Crippen LogP contribution in [0.3, 0.4) is 0 Å². The highest BCUT2D eigenvalue weighted by molar-refractivity contribution is 7.88. The van der Waals surface area contributed by atoms with E-state index in [9.17, 15) is 18.0 Å². The Morgan fingerprint density at radius 3 is 2.38 bits per heavy atom. The molecule has 7 nitrogen and oxygen atoms in total. The van der Waals surface area contributed by atoms with E-state index < -0.39 is 10.0 Å². The Bertz CT molecular complexity index is 885. The standard InChI is InChI=1S/C19H25Cl2N3O4S/c20-16-4-3-15(17(21)10-16)12-29(27,28)24-7-1-2-14(11-24)19(26)23-8-5-13(6-9-23)18(22)25/h3-4,10,13-14H,1-2,5-9,11-12H2,(H2,22,25)/t14-/m1/s1. The molecule has 2 heterocycles. The molecule has 160 valence electrons. The summed E-state index contributed by atoms with van der Waals surface area (Å²) in [6, 6.07) is 4.74. The van der Waals surface area contributed by atoms with E-state index in [1.165, 1.54) is 10.4 Å². The molecule has 0 bridgehead atoms. The van der Waals surface area contributed by atoms with Crippen LogP contribution in [0, 0.1) is 11.8 Å². The van der Waals surface area contributed by atoms with E-state index >= 15 is 0 Å². The molecule has 2 fully saturated rings. The van der Waals surface area contributed by atoms with E-state index in [0.717, 1.165) is 0 Å². The second kappa shape index (κ2) is 9.20. The van der Waals surface area contributed by atoms with Crippen LogP contribution in [0.1, 0.15) is 31.2 Å². The van der Waals surface area contributed by atoms with Crippen molar-refractivity contribution in [2.45, 2.75) is 31.4 Å². The molecule has 2 amide bonds. The number of amides is 2. The van der Waals surface area contributed by atoms with Crippen molar-refractivity contribution in [3.05, 3.63) is 33.8 Å². The molecule has 10 heteroatoms. The van der Waals surface area contributed by atoms with Crippen molar-refractivity contribution in [2.24, 2.45) is 17.6 Å². The van der Waals surface area contributed by atoms with Crippen LogP contribution in [0.2, 0.25) is 10.0 Å². The third-order valence-electron chi connectivity index (χ3n) is 5.69. The van der Waals surface area contributed by atoms with Gasteiger partial charge in [0.15, 0.2) is 0 Å². The minimum absolute atomic E-state index is 0.0441. The summed E-state index contributed by atoms with van der Waals surface area (Å²) in [5, 5.41) is 0.753. The zero-order chi connectivity index (χ0) is 21.2. The largest absolute Gasteiger partial charge is 0.369 e. The van der Waals surface area contributed by atoms with Gasteiger partial charge in [-0.25, -0.2) is 12.7 Å². The third kappa shape index (κ3) is 5.42. The van der Waals surface area contributed by atoms with Crippen molar-refractivity contribution < 1.29 is 18.0 Å². The second-order valence-electron chi connectivity index (χ2n) is 7.69. The van der Waals surface area contributed by atoms with Gasteiger partial charge in [-0.2, -0.15) is 0 Å². The Kier molecular flexibility index (Phi) is 7.09. The Balaban J connectivity index is 1.63. The Morgan fingerprint density at radius 1 is 1.07 bits per heavy atom. The van der Waals surface area contributed by atoms with Crippen molar-refractivity contribution in [1.29, 1.82) is 0 Å². The molecule has 2 aliphatic heterocycles. The number of rotatable bonds is 5. The number of sulfonamides is 1. The van der Waals surface area contributed by atoms with Crippen LogP contribution in [0.4, 0.5) is 0 Å². The normalized spacial score (nSPS) is 21.9. The summed E-state index contributed by atoms with van der Waals surface area (Å²) in [6.07, 6.45) is 2.40. The van der Waals surface area contributed by atoms with Gasteiger partial charge in [-0.3, -0.25) is 9.59 Å². The third-order valence-corrected chi connectivity index (χ3v) is 8.07. The van der Waals surface area contributed by atoms with Gasteiger partial charge in [-0.1, -0.05) is 29.3 Å². The van der Waals surface area contributed by atoms with Crippen molar-refractivity contribution in [3.8, 4) is 0 Å². The van der Waals surface area contributed by atoms with Crippen molar-refractivity contribution in [2.75, 3.05) is 26.2 Å². The molecule has 0 radical (unpaired) electrons. The number of hydrogen-bond donors (Lipinski definition) is 1. The first-order valence-corrected chi connectivity index (χ1v) is 12.0. The predicted molar refractivity (Wildman–Crippen MR) is 112 cm³/mol. The summed E-state index contributed by atoms with van der Waals surface area (Å²) in [6.45, 7) is 1.52. The van der Waals surface area contributed by atoms with E-state index in [4.69, 9.17) is 28.9 Å². The highest BCUT2D eigenvalue weighted by atomic mass is 35.5. The minimum Gasteiger partial charge on any atom is -0.369 e. The Labute approximate surface area is 181 Å². The molecule has 2 N–H and O–H groups in total. The Morgan fingerprint density at radius 2 is 1.76 bits per heavy atom. The first kappa shape index (κ1) is 22.3. The number of halogens is 2. The van der Waals surface area contributed by atoms with Gasteiger partial charge in [0.1, 0.15) is 0 Å². The van der Waals surface area contributed by atoms with Gasteiger partial charge >= 0.3 is 0 Å². The van der Waals surface area contributed by atoms with Crippen LogP contribution < -0.4 is 5.73 Å². The zero-order valence-electron chi connectivity index (χ0n) is 16.0.